The van der Waals surface area contributed by atoms with Gasteiger partial charge in [0.15, 0.2) is 12.2 Å². The topological polar surface area (TPSA) is 108 Å². The number of allylic oxidation sites excluding steroid dienone is 1. The fraction of sp³-hybridized carbons (Fsp3) is 0.455. The van der Waals surface area contributed by atoms with E-state index in [1.54, 1.807) is 38.6 Å². The van der Waals surface area contributed by atoms with Gasteiger partial charge in [-0.15, -0.1) is 30.8 Å². The number of hydrogen-bond donors (Lipinski definition) is 3. The molecular formula is C33H47FN2O6S. The zero-order chi connectivity index (χ0) is 32.8. The summed E-state index contributed by atoms with van der Waals surface area (Å²) in [6.45, 7) is 10.1. The molecular weight excluding hydrogens is 571 g/mol. The van der Waals surface area contributed by atoms with Crippen molar-refractivity contribution in [3.05, 3.63) is 70.7 Å². The van der Waals surface area contributed by atoms with Gasteiger partial charge in [0, 0.05) is 30.1 Å². The normalized spacial score (nSPS) is 14.9. The van der Waals surface area contributed by atoms with Gasteiger partial charge in [0.05, 0.1) is 20.5 Å². The van der Waals surface area contributed by atoms with Crippen molar-refractivity contribution in [2.24, 2.45) is 0 Å². The van der Waals surface area contributed by atoms with E-state index in [0.29, 0.717) is 32.1 Å². The molecule has 1 aromatic carbocycles. The highest BCUT2D eigenvalue weighted by molar-refractivity contribution is 7.10. The van der Waals surface area contributed by atoms with Gasteiger partial charge in [-0.3, -0.25) is 9.59 Å². The second kappa shape index (κ2) is 22.9. The van der Waals surface area contributed by atoms with Crippen LogP contribution in [0.5, 0.6) is 11.5 Å². The van der Waals surface area contributed by atoms with Crippen LogP contribution >= 0.6 is 11.3 Å². The third kappa shape index (κ3) is 13.5. The third-order valence-electron chi connectivity index (χ3n) is 6.24. The molecule has 1 saturated heterocycles. The Morgan fingerprint density at radius 1 is 1.14 bits per heavy atom. The minimum absolute atomic E-state index is 0.0454. The van der Waals surface area contributed by atoms with Gasteiger partial charge in [-0.2, -0.15) is 0 Å². The molecule has 0 spiro atoms. The van der Waals surface area contributed by atoms with Gasteiger partial charge in [0.25, 0.3) is 11.8 Å². The van der Waals surface area contributed by atoms with Gasteiger partial charge < -0.3 is 29.9 Å². The lowest BCUT2D eigenvalue weighted by Crippen LogP contribution is -2.52. The molecule has 0 radical (unpaired) electrons. The number of nitrogens with one attached hydrogen (secondary N) is 1. The van der Waals surface area contributed by atoms with Crippen molar-refractivity contribution in [1.29, 1.82) is 0 Å². The number of carbonyl (C=O) groups excluding carboxylic acids is 2. The number of aliphatic hydroxyl groups is 2. The molecule has 1 aliphatic heterocycles. The highest BCUT2D eigenvalue weighted by atomic mass is 32.1. The number of thiophene rings is 1. The molecule has 3 rings (SSSR count). The van der Waals surface area contributed by atoms with E-state index >= 15 is 0 Å². The Morgan fingerprint density at radius 3 is 2.28 bits per heavy atom. The van der Waals surface area contributed by atoms with Gasteiger partial charge in [0.2, 0.25) is 0 Å². The first kappa shape index (κ1) is 39.4. The van der Waals surface area contributed by atoms with E-state index in [-0.39, 0.29) is 12.6 Å². The van der Waals surface area contributed by atoms with E-state index in [2.05, 4.69) is 36.2 Å². The van der Waals surface area contributed by atoms with Crippen molar-refractivity contribution in [2.45, 2.75) is 71.1 Å². The van der Waals surface area contributed by atoms with Crippen LogP contribution in [0.3, 0.4) is 0 Å². The minimum Gasteiger partial charge on any atom is -0.497 e. The van der Waals surface area contributed by atoms with Gasteiger partial charge >= 0.3 is 0 Å². The molecule has 0 saturated carbocycles. The van der Waals surface area contributed by atoms with Crippen molar-refractivity contribution in [1.82, 2.24) is 10.2 Å². The van der Waals surface area contributed by atoms with Crippen molar-refractivity contribution >= 4 is 23.2 Å². The maximum Gasteiger partial charge on any atom is 0.254 e. The van der Waals surface area contributed by atoms with E-state index in [4.69, 9.17) is 9.47 Å². The number of terminal acetylenes is 1. The summed E-state index contributed by atoms with van der Waals surface area (Å²) in [6, 6.07) is 7.79. The first-order valence-electron chi connectivity index (χ1n) is 14.2. The Bertz CT molecular complexity index is 1120. The second-order valence-electron chi connectivity index (χ2n) is 9.06. The second-order valence-corrected chi connectivity index (χ2v) is 10.1. The number of hydrogen-bond acceptors (Lipinski definition) is 7. The highest BCUT2D eigenvalue weighted by Crippen LogP contribution is 2.26. The molecule has 1 fully saturated rings. The highest BCUT2D eigenvalue weighted by Gasteiger charge is 2.37. The van der Waals surface area contributed by atoms with Crippen molar-refractivity contribution < 1.29 is 33.7 Å². The van der Waals surface area contributed by atoms with Gasteiger partial charge in [-0.25, -0.2) is 4.39 Å². The molecule has 2 aromatic rings. The predicted molar refractivity (Wildman–Crippen MR) is 172 cm³/mol. The molecule has 10 heteroatoms. The Balaban J connectivity index is 0.00000200. The molecule has 1 aromatic heterocycles. The number of nitrogens with zero attached hydrogens (tertiary/aromatic N) is 1. The number of likely N-dealkylation sites (tertiary alicyclic amines) is 1. The molecule has 2 amide bonds. The number of halogens is 1. The number of amides is 2. The van der Waals surface area contributed by atoms with Crippen LogP contribution in [0.25, 0.3) is 0 Å². The monoisotopic (exact) mass is 618 g/mol. The fourth-order valence-electron chi connectivity index (χ4n) is 4.28. The number of carbonyl (C=O) groups is 2. The molecule has 1 aliphatic rings. The number of aliphatic hydroxyl groups excluding tert-OH is 2. The lowest BCUT2D eigenvalue weighted by Gasteiger charge is -2.27. The van der Waals surface area contributed by atoms with Crippen LogP contribution in [0, 0.1) is 12.8 Å². The predicted octanol–water partition coefficient (Wildman–Crippen LogP) is 5.07. The average molecular weight is 619 g/mol. The van der Waals surface area contributed by atoms with Gasteiger partial charge in [-0.05, 0) is 73.7 Å². The largest absolute Gasteiger partial charge is 0.497 e. The van der Waals surface area contributed by atoms with Crippen LogP contribution in [0.15, 0.2) is 54.7 Å². The molecule has 2 heterocycles. The lowest BCUT2D eigenvalue weighted by atomic mass is 10.1. The summed E-state index contributed by atoms with van der Waals surface area (Å²) in [6.07, 6.45) is 11.5. The van der Waals surface area contributed by atoms with Crippen LogP contribution < -0.4 is 14.8 Å². The maximum atomic E-state index is 12.6. The summed E-state index contributed by atoms with van der Waals surface area (Å²) >= 11 is 1.59. The van der Waals surface area contributed by atoms with Crippen LogP contribution in [-0.2, 0) is 22.4 Å². The standard InChI is InChI=1S/C26H34N2O6S.C3H5F.C2H6.C2H2/c1-4-6-19-7-5-10-28(19)26(32)24(30)23(29)25(31)27-9-8-22-14-18(16-35-22)11-17-12-20(33-2)15-21(13-17)34-3;1-2-3-4;2*1-2/h4,12-16,19,23-24,29-30H,1,5-11H2,2-3H3,(H,27,31);2-3H,1H3;1-2H3;1-2H/b;3-2+;;. The van der Waals surface area contributed by atoms with E-state index < -0.39 is 24.0 Å². The molecule has 3 N–H and O–H groups in total. The zero-order valence-corrected chi connectivity index (χ0v) is 26.7. The van der Waals surface area contributed by atoms with Crippen LogP contribution in [0.1, 0.15) is 56.0 Å². The van der Waals surface area contributed by atoms with E-state index in [9.17, 15) is 24.2 Å². The SMILES string of the molecule is C#C.C/C=C/F.C=CCC1CCCN1C(=O)C(O)C(O)C(=O)NCCc1cc(Cc2cc(OC)cc(OC)c2)cs1.CC. The molecule has 3 unspecified atom stereocenters. The summed E-state index contributed by atoms with van der Waals surface area (Å²) in [5.41, 5.74) is 2.20. The average Bonchev–Trinajstić information content (AvgIpc) is 3.71. The number of methoxy groups -OCH3 is 2. The molecule has 0 bridgehead atoms. The Hall–Kier alpha value is -3.65. The Morgan fingerprint density at radius 2 is 1.74 bits per heavy atom. The summed E-state index contributed by atoms with van der Waals surface area (Å²) in [5, 5.41) is 25.2. The Labute approximate surface area is 260 Å². The summed E-state index contributed by atoms with van der Waals surface area (Å²) in [4.78, 5) is 27.5. The zero-order valence-electron chi connectivity index (χ0n) is 25.9. The number of benzene rings is 1. The van der Waals surface area contributed by atoms with E-state index in [1.807, 2.05) is 32.0 Å². The van der Waals surface area contributed by atoms with Gasteiger partial charge in [0.1, 0.15) is 11.5 Å². The smallest absolute Gasteiger partial charge is 0.254 e. The molecule has 8 nitrogen and oxygen atoms in total. The summed E-state index contributed by atoms with van der Waals surface area (Å²) in [5.74, 6) is 0.0926. The molecule has 0 aliphatic carbocycles. The number of rotatable bonds is 12. The van der Waals surface area contributed by atoms with Crippen LogP contribution in [0.2, 0.25) is 0 Å². The Kier molecular flexibility index (Phi) is 20.9. The van der Waals surface area contributed by atoms with E-state index in [1.165, 1.54) is 11.0 Å². The molecule has 3 atom stereocenters. The molecule has 238 valence electrons. The van der Waals surface area contributed by atoms with Crippen LogP contribution in [0.4, 0.5) is 4.39 Å². The van der Waals surface area contributed by atoms with Crippen molar-refractivity contribution in [3.63, 3.8) is 0 Å². The fourth-order valence-corrected chi connectivity index (χ4v) is 5.17. The third-order valence-corrected chi connectivity index (χ3v) is 7.29. The minimum atomic E-state index is -1.81. The number of ether oxygens (including phenoxy) is 2. The summed E-state index contributed by atoms with van der Waals surface area (Å²) in [7, 11) is 3.24. The van der Waals surface area contributed by atoms with E-state index in [0.717, 1.165) is 40.3 Å². The maximum absolute atomic E-state index is 12.6. The van der Waals surface area contributed by atoms with Crippen molar-refractivity contribution in [3.8, 4) is 24.3 Å². The van der Waals surface area contributed by atoms with Crippen LogP contribution in [-0.4, -0.2) is 72.5 Å². The molecule has 43 heavy (non-hydrogen) atoms. The van der Waals surface area contributed by atoms with Gasteiger partial charge in [-0.1, -0.05) is 26.0 Å². The summed E-state index contributed by atoms with van der Waals surface area (Å²) < 4.78 is 21.2. The quantitative estimate of drug-likeness (QED) is 0.227. The first-order valence-corrected chi connectivity index (χ1v) is 15.0. The lowest BCUT2D eigenvalue weighted by molar-refractivity contribution is -0.153. The first-order chi connectivity index (χ1) is 20.8. The van der Waals surface area contributed by atoms with Crippen molar-refractivity contribution in [2.75, 3.05) is 27.3 Å².